The molecule has 0 saturated carbocycles. The van der Waals surface area contributed by atoms with Crippen LogP contribution in [0, 0.1) is 0 Å². The van der Waals surface area contributed by atoms with E-state index >= 15 is 0 Å². The third kappa shape index (κ3) is 2.76. The molecule has 0 aliphatic rings. The Labute approximate surface area is 110 Å². The highest BCUT2D eigenvalue weighted by Crippen LogP contribution is 2.20. The second-order valence-corrected chi connectivity index (χ2v) is 6.42. The van der Waals surface area contributed by atoms with E-state index in [0.29, 0.717) is 17.8 Å². The van der Waals surface area contributed by atoms with Gasteiger partial charge in [-0.25, -0.2) is 13.4 Å². The molecule has 0 amide bonds. The zero-order chi connectivity index (χ0) is 14.2. The van der Waals surface area contributed by atoms with Gasteiger partial charge in [-0.15, -0.1) is 0 Å². The lowest BCUT2D eigenvalue weighted by Gasteiger charge is -2.00. The Morgan fingerprint density at radius 1 is 1.42 bits per heavy atom. The van der Waals surface area contributed by atoms with Crippen molar-refractivity contribution < 1.29 is 18.3 Å². The Morgan fingerprint density at radius 3 is 2.68 bits per heavy atom. The molecular weight excluding hydrogens is 268 g/mol. The number of benzene rings is 1. The summed E-state index contributed by atoms with van der Waals surface area (Å²) in [4.78, 5) is 15.1. The number of hydrogen-bond donors (Lipinski definition) is 1. The highest BCUT2D eigenvalue weighted by Gasteiger charge is 2.13. The first-order valence-electron chi connectivity index (χ1n) is 5.66. The predicted molar refractivity (Wildman–Crippen MR) is 69.8 cm³/mol. The van der Waals surface area contributed by atoms with Gasteiger partial charge in [0.2, 0.25) is 0 Å². The molecule has 0 fully saturated rings. The van der Waals surface area contributed by atoms with Crippen molar-refractivity contribution in [2.75, 3.05) is 6.26 Å². The summed E-state index contributed by atoms with van der Waals surface area (Å²) in [6.45, 7) is 0. The fourth-order valence-corrected chi connectivity index (χ4v) is 2.54. The first-order chi connectivity index (χ1) is 8.79. The Bertz CT molecular complexity index is 746. The third-order valence-electron chi connectivity index (χ3n) is 2.94. The van der Waals surface area contributed by atoms with Crippen LogP contribution in [0.25, 0.3) is 11.0 Å². The molecule has 0 atom stereocenters. The topological polar surface area (TPSA) is 89.3 Å². The van der Waals surface area contributed by atoms with Crippen molar-refractivity contribution in [3.8, 4) is 0 Å². The van der Waals surface area contributed by atoms with Crippen LogP contribution in [-0.2, 0) is 28.1 Å². The Hall–Kier alpha value is -1.89. The van der Waals surface area contributed by atoms with Gasteiger partial charge >= 0.3 is 5.97 Å². The van der Waals surface area contributed by atoms with Gasteiger partial charge in [-0.05, 0) is 18.2 Å². The highest BCUT2D eigenvalue weighted by atomic mass is 32.2. The van der Waals surface area contributed by atoms with Crippen LogP contribution in [0.2, 0.25) is 0 Å². The van der Waals surface area contributed by atoms with Crippen LogP contribution in [0.1, 0.15) is 12.2 Å². The Morgan fingerprint density at radius 2 is 2.11 bits per heavy atom. The van der Waals surface area contributed by atoms with Gasteiger partial charge in [0, 0.05) is 19.7 Å². The molecule has 2 rings (SSSR count). The van der Waals surface area contributed by atoms with Gasteiger partial charge in [-0.1, -0.05) is 0 Å². The molecule has 102 valence electrons. The monoisotopic (exact) mass is 282 g/mol. The second kappa shape index (κ2) is 4.65. The fraction of sp³-hybridized carbons (Fsp3) is 0.333. The number of sulfone groups is 1. The number of fused-ring (bicyclic) bond motifs is 1. The van der Waals surface area contributed by atoms with Gasteiger partial charge in [0.1, 0.15) is 5.82 Å². The number of aromatic nitrogens is 2. The van der Waals surface area contributed by atoms with Crippen LogP contribution in [0.15, 0.2) is 23.1 Å². The molecule has 6 nitrogen and oxygen atoms in total. The lowest BCUT2D eigenvalue weighted by atomic mass is 10.3. The predicted octanol–water partition coefficient (Wildman–Crippen LogP) is 0.994. The standard InChI is InChI=1S/C12H14N2O4S/c1-14-10-4-3-8(19(2,17)18)7-9(10)13-11(14)5-6-12(15)16/h3-4,7H,5-6H2,1-2H3,(H,15,16). The van der Waals surface area contributed by atoms with E-state index in [1.165, 1.54) is 12.1 Å². The summed E-state index contributed by atoms with van der Waals surface area (Å²) in [5.74, 6) is -0.257. The number of hydrogen-bond acceptors (Lipinski definition) is 4. The molecule has 1 aromatic carbocycles. The summed E-state index contributed by atoms with van der Waals surface area (Å²) in [7, 11) is -1.48. The lowest BCUT2D eigenvalue weighted by Crippen LogP contribution is -2.03. The van der Waals surface area contributed by atoms with Crippen LogP contribution in [-0.4, -0.2) is 35.3 Å². The molecule has 0 unspecified atom stereocenters. The van der Waals surface area contributed by atoms with E-state index in [0.717, 1.165) is 11.8 Å². The fourth-order valence-electron chi connectivity index (χ4n) is 1.90. The van der Waals surface area contributed by atoms with E-state index in [-0.39, 0.29) is 11.3 Å². The number of rotatable bonds is 4. The quantitative estimate of drug-likeness (QED) is 0.903. The molecule has 19 heavy (non-hydrogen) atoms. The number of nitrogens with zero attached hydrogens (tertiary/aromatic N) is 2. The Balaban J connectivity index is 2.48. The first-order valence-corrected chi connectivity index (χ1v) is 7.55. The van der Waals surface area contributed by atoms with Crippen LogP contribution < -0.4 is 0 Å². The maximum Gasteiger partial charge on any atom is 0.303 e. The van der Waals surface area contributed by atoms with E-state index in [9.17, 15) is 13.2 Å². The van der Waals surface area contributed by atoms with E-state index in [2.05, 4.69) is 4.98 Å². The number of carboxylic acids is 1. The minimum absolute atomic E-state index is 0.00387. The van der Waals surface area contributed by atoms with E-state index < -0.39 is 15.8 Å². The number of carboxylic acid groups (broad SMARTS) is 1. The van der Waals surface area contributed by atoms with Crippen molar-refractivity contribution in [3.63, 3.8) is 0 Å². The maximum absolute atomic E-state index is 11.5. The average molecular weight is 282 g/mol. The lowest BCUT2D eigenvalue weighted by molar-refractivity contribution is -0.137. The van der Waals surface area contributed by atoms with Crippen LogP contribution >= 0.6 is 0 Å². The summed E-state index contributed by atoms with van der Waals surface area (Å²) in [6, 6.07) is 4.72. The van der Waals surface area contributed by atoms with Gasteiger partial charge < -0.3 is 9.67 Å². The summed E-state index contributed by atoms with van der Waals surface area (Å²) >= 11 is 0. The van der Waals surface area contributed by atoms with Gasteiger partial charge in [0.05, 0.1) is 22.3 Å². The average Bonchev–Trinajstić information content (AvgIpc) is 2.62. The van der Waals surface area contributed by atoms with E-state index in [1.807, 2.05) is 0 Å². The van der Waals surface area contributed by atoms with Crippen molar-refractivity contribution in [1.82, 2.24) is 9.55 Å². The normalized spacial score (nSPS) is 11.9. The zero-order valence-corrected chi connectivity index (χ0v) is 11.4. The number of aliphatic carboxylic acids is 1. The summed E-state index contributed by atoms with van der Waals surface area (Å²) in [5, 5.41) is 8.67. The van der Waals surface area contributed by atoms with Gasteiger partial charge in [-0.3, -0.25) is 4.79 Å². The summed E-state index contributed by atoms with van der Waals surface area (Å²) in [6.07, 6.45) is 1.45. The van der Waals surface area contributed by atoms with Gasteiger partial charge in [-0.2, -0.15) is 0 Å². The van der Waals surface area contributed by atoms with Crippen molar-refractivity contribution in [2.45, 2.75) is 17.7 Å². The molecule has 0 saturated heterocycles. The molecule has 0 bridgehead atoms. The minimum Gasteiger partial charge on any atom is -0.481 e. The highest BCUT2D eigenvalue weighted by molar-refractivity contribution is 7.90. The van der Waals surface area contributed by atoms with Crippen LogP contribution in [0.4, 0.5) is 0 Å². The zero-order valence-electron chi connectivity index (χ0n) is 10.6. The second-order valence-electron chi connectivity index (χ2n) is 4.40. The molecule has 1 heterocycles. The van der Waals surface area contributed by atoms with Gasteiger partial charge in [0.15, 0.2) is 9.84 Å². The molecule has 0 aliphatic carbocycles. The molecule has 2 aromatic rings. The van der Waals surface area contributed by atoms with Crippen molar-refractivity contribution in [3.05, 3.63) is 24.0 Å². The van der Waals surface area contributed by atoms with Crippen molar-refractivity contribution in [1.29, 1.82) is 0 Å². The third-order valence-corrected chi connectivity index (χ3v) is 4.05. The van der Waals surface area contributed by atoms with E-state index in [4.69, 9.17) is 5.11 Å². The van der Waals surface area contributed by atoms with Crippen molar-refractivity contribution in [2.24, 2.45) is 7.05 Å². The number of carbonyl (C=O) groups is 1. The van der Waals surface area contributed by atoms with Crippen LogP contribution in [0.3, 0.4) is 0 Å². The molecular formula is C12H14N2O4S. The van der Waals surface area contributed by atoms with E-state index in [1.54, 1.807) is 17.7 Å². The minimum atomic E-state index is -3.27. The first kappa shape index (κ1) is 13.5. The van der Waals surface area contributed by atoms with Gasteiger partial charge in [0.25, 0.3) is 0 Å². The maximum atomic E-state index is 11.5. The number of aryl methyl sites for hydroxylation is 2. The molecule has 0 spiro atoms. The summed E-state index contributed by atoms with van der Waals surface area (Å²) in [5.41, 5.74) is 1.35. The largest absolute Gasteiger partial charge is 0.481 e. The van der Waals surface area contributed by atoms with Crippen LogP contribution in [0.5, 0.6) is 0 Å². The Kier molecular flexibility index (Phi) is 3.32. The van der Waals surface area contributed by atoms with Crippen molar-refractivity contribution >= 4 is 26.8 Å². The molecule has 0 aliphatic heterocycles. The SMILES string of the molecule is Cn1c(CCC(=O)O)nc2cc(S(C)(=O)=O)ccc21. The summed E-state index contributed by atoms with van der Waals surface area (Å²) < 4.78 is 24.7. The molecule has 7 heteroatoms. The number of imidazole rings is 1. The molecule has 0 radical (unpaired) electrons. The molecule has 1 aromatic heterocycles. The molecule has 1 N–H and O–H groups in total. The smallest absolute Gasteiger partial charge is 0.303 e.